The molecule has 8 heteroatoms. The third-order valence-electron chi connectivity index (χ3n) is 7.01. The minimum absolute atomic E-state index is 0.248. The van der Waals surface area contributed by atoms with Crippen LogP contribution in [0.2, 0.25) is 0 Å². The highest BCUT2D eigenvalue weighted by Gasteiger charge is 2.52. The molecule has 0 bridgehead atoms. The van der Waals surface area contributed by atoms with E-state index in [1.54, 1.807) is 24.3 Å². The summed E-state index contributed by atoms with van der Waals surface area (Å²) in [6.45, 7) is 7.70. The number of amides is 3. The van der Waals surface area contributed by atoms with Crippen molar-refractivity contribution in [3.8, 4) is 0 Å². The van der Waals surface area contributed by atoms with Gasteiger partial charge in [0.15, 0.2) is 5.78 Å². The molecule has 0 aromatic heterocycles. The monoisotopic (exact) mass is 412 g/mol. The van der Waals surface area contributed by atoms with Gasteiger partial charge in [-0.1, -0.05) is 43.5 Å². The molecule has 2 aliphatic heterocycles. The Morgan fingerprint density at radius 3 is 2.13 bits per heavy atom. The van der Waals surface area contributed by atoms with E-state index in [2.05, 4.69) is 5.32 Å². The Morgan fingerprint density at radius 1 is 1.00 bits per heavy atom. The maximum atomic E-state index is 12.9. The lowest BCUT2D eigenvalue weighted by molar-refractivity contribution is -0.132. The van der Waals surface area contributed by atoms with E-state index in [1.165, 1.54) is 0 Å². The quantitative estimate of drug-likeness (QED) is 0.467. The molecule has 3 aliphatic rings. The Bertz CT molecular complexity index is 858. The topological polar surface area (TPSA) is 84.9 Å². The van der Waals surface area contributed by atoms with Gasteiger partial charge < -0.3 is 14.6 Å². The van der Waals surface area contributed by atoms with Gasteiger partial charge in [0, 0.05) is 5.56 Å². The van der Waals surface area contributed by atoms with Gasteiger partial charge >= 0.3 is 13.1 Å². The first kappa shape index (κ1) is 21.1. The van der Waals surface area contributed by atoms with Crippen LogP contribution in [-0.4, -0.2) is 53.0 Å². The van der Waals surface area contributed by atoms with Crippen molar-refractivity contribution < 1.29 is 23.7 Å². The van der Waals surface area contributed by atoms with Gasteiger partial charge in [0.05, 0.1) is 17.7 Å². The summed E-state index contributed by atoms with van der Waals surface area (Å²) in [5.74, 6) is -0.541. The SMILES string of the molecule is CC1(C)OB(c2ccc(C(=O)CN3C(=O)NC4(CCCCC4)C3=O)cc2)OC1(C)C. The first-order valence-electron chi connectivity index (χ1n) is 10.7. The van der Waals surface area contributed by atoms with E-state index in [9.17, 15) is 14.4 Å². The number of benzene rings is 1. The van der Waals surface area contributed by atoms with E-state index in [0.29, 0.717) is 18.4 Å². The minimum atomic E-state index is -0.809. The summed E-state index contributed by atoms with van der Waals surface area (Å²) < 4.78 is 12.1. The fourth-order valence-electron chi connectivity index (χ4n) is 4.35. The number of rotatable bonds is 4. The Morgan fingerprint density at radius 2 is 1.57 bits per heavy atom. The first-order chi connectivity index (χ1) is 14.0. The molecule has 1 aromatic rings. The van der Waals surface area contributed by atoms with Gasteiger partial charge in [-0.05, 0) is 46.0 Å². The number of carbonyl (C=O) groups excluding carboxylic acids is 3. The Balaban J connectivity index is 1.44. The van der Waals surface area contributed by atoms with Gasteiger partial charge in [0.1, 0.15) is 5.54 Å². The number of hydrogen-bond acceptors (Lipinski definition) is 5. The van der Waals surface area contributed by atoms with Crippen LogP contribution in [0.5, 0.6) is 0 Å². The summed E-state index contributed by atoms with van der Waals surface area (Å²) in [5, 5.41) is 2.84. The Hall–Kier alpha value is -2.19. The molecule has 0 radical (unpaired) electrons. The van der Waals surface area contributed by atoms with Crippen LogP contribution in [-0.2, 0) is 14.1 Å². The van der Waals surface area contributed by atoms with Gasteiger partial charge in [0.2, 0.25) is 0 Å². The van der Waals surface area contributed by atoms with E-state index >= 15 is 0 Å². The van der Waals surface area contributed by atoms with E-state index in [1.807, 2.05) is 27.7 Å². The molecule has 0 atom stereocenters. The van der Waals surface area contributed by atoms with Gasteiger partial charge in [-0.3, -0.25) is 14.5 Å². The first-order valence-corrected chi connectivity index (χ1v) is 10.7. The molecule has 1 N–H and O–H groups in total. The molecular formula is C22H29BN2O5. The van der Waals surface area contributed by atoms with Crippen molar-refractivity contribution in [3.63, 3.8) is 0 Å². The standard InChI is InChI=1S/C22H29BN2O5/c1-20(2)21(3,4)30-23(29-20)16-10-8-15(9-11-16)17(26)14-25-18(27)22(24-19(25)28)12-6-5-7-13-22/h8-11H,5-7,12-14H2,1-4H3,(H,24,28). The molecular weight excluding hydrogens is 383 g/mol. The van der Waals surface area contributed by atoms with Crippen LogP contribution in [0.25, 0.3) is 0 Å². The molecule has 2 heterocycles. The molecule has 4 rings (SSSR count). The third-order valence-corrected chi connectivity index (χ3v) is 7.01. The Kier molecular flexibility index (Phi) is 5.06. The fraction of sp³-hybridized carbons (Fsp3) is 0.591. The van der Waals surface area contributed by atoms with Gasteiger partial charge in [0.25, 0.3) is 5.91 Å². The Labute approximate surface area is 177 Å². The lowest BCUT2D eigenvalue weighted by Gasteiger charge is -2.32. The number of nitrogens with zero attached hydrogens (tertiary/aromatic N) is 1. The molecule has 2 saturated heterocycles. The zero-order valence-electron chi connectivity index (χ0n) is 18.1. The number of nitrogens with one attached hydrogen (secondary N) is 1. The normalized spacial score (nSPS) is 24.4. The smallest absolute Gasteiger partial charge is 0.399 e. The van der Waals surface area contributed by atoms with Gasteiger partial charge in [-0.15, -0.1) is 0 Å². The summed E-state index contributed by atoms with van der Waals surface area (Å²) in [7, 11) is -0.503. The second kappa shape index (κ2) is 7.20. The molecule has 30 heavy (non-hydrogen) atoms. The number of Topliss-reactive ketones (excluding diaryl/α,β-unsaturated/α-hetero) is 1. The minimum Gasteiger partial charge on any atom is -0.399 e. The molecule has 1 aromatic carbocycles. The van der Waals surface area contributed by atoms with E-state index < -0.39 is 29.9 Å². The van der Waals surface area contributed by atoms with Gasteiger partial charge in [-0.2, -0.15) is 0 Å². The second-order valence-corrected chi connectivity index (χ2v) is 9.60. The summed E-state index contributed by atoms with van der Waals surface area (Å²) in [6, 6.07) is 6.51. The molecule has 1 saturated carbocycles. The van der Waals surface area contributed by atoms with Crippen LogP contribution in [0, 0.1) is 0 Å². The van der Waals surface area contributed by atoms with Crippen LogP contribution in [0.3, 0.4) is 0 Å². The van der Waals surface area contributed by atoms with Crippen LogP contribution in [0.4, 0.5) is 4.79 Å². The highest BCUT2D eigenvalue weighted by molar-refractivity contribution is 6.62. The second-order valence-electron chi connectivity index (χ2n) is 9.60. The summed E-state index contributed by atoms with van der Waals surface area (Å²) in [6.07, 6.45) is 4.18. The van der Waals surface area contributed by atoms with Crippen molar-refractivity contribution in [2.45, 2.75) is 76.5 Å². The van der Waals surface area contributed by atoms with Crippen molar-refractivity contribution in [2.75, 3.05) is 6.54 Å². The van der Waals surface area contributed by atoms with Crippen LogP contribution >= 0.6 is 0 Å². The predicted octanol–water partition coefficient (Wildman–Crippen LogP) is 2.42. The number of imide groups is 1. The van der Waals surface area contributed by atoms with Crippen molar-refractivity contribution >= 4 is 30.3 Å². The largest absolute Gasteiger partial charge is 0.494 e. The van der Waals surface area contributed by atoms with E-state index in [4.69, 9.17) is 9.31 Å². The number of ketones is 1. The number of carbonyl (C=O) groups is 3. The summed E-state index contributed by atoms with van der Waals surface area (Å²) in [4.78, 5) is 39.1. The van der Waals surface area contributed by atoms with E-state index in [0.717, 1.165) is 29.6 Å². The molecule has 1 aliphatic carbocycles. The van der Waals surface area contributed by atoms with Crippen LogP contribution in [0.1, 0.15) is 70.2 Å². The van der Waals surface area contributed by atoms with Crippen LogP contribution in [0.15, 0.2) is 24.3 Å². The highest BCUT2D eigenvalue weighted by Crippen LogP contribution is 2.36. The number of hydrogen-bond donors (Lipinski definition) is 1. The zero-order valence-corrected chi connectivity index (χ0v) is 18.1. The van der Waals surface area contributed by atoms with Crippen molar-refractivity contribution in [3.05, 3.63) is 29.8 Å². The van der Waals surface area contributed by atoms with Crippen molar-refractivity contribution in [1.29, 1.82) is 0 Å². The van der Waals surface area contributed by atoms with Gasteiger partial charge in [-0.25, -0.2) is 4.79 Å². The molecule has 160 valence electrons. The zero-order chi connectivity index (χ0) is 21.7. The summed E-state index contributed by atoms with van der Waals surface area (Å²) in [5.41, 5.74) is -0.423. The molecule has 0 unspecified atom stereocenters. The molecule has 3 amide bonds. The average Bonchev–Trinajstić information content (AvgIpc) is 3.05. The van der Waals surface area contributed by atoms with Crippen molar-refractivity contribution in [2.24, 2.45) is 0 Å². The highest BCUT2D eigenvalue weighted by atomic mass is 16.7. The van der Waals surface area contributed by atoms with Crippen LogP contribution < -0.4 is 10.8 Å². The van der Waals surface area contributed by atoms with E-state index in [-0.39, 0.29) is 18.2 Å². The summed E-state index contributed by atoms with van der Waals surface area (Å²) >= 11 is 0. The fourth-order valence-corrected chi connectivity index (χ4v) is 4.35. The average molecular weight is 412 g/mol. The maximum Gasteiger partial charge on any atom is 0.494 e. The molecule has 3 fully saturated rings. The van der Waals surface area contributed by atoms with Crippen molar-refractivity contribution in [1.82, 2.24) is 10.2 Å². The number of urea groups is 1. The predicted molar refractivity (Wildman–Crippen MR) is 113 cm³/mol. The lowest BCUT2D eigenvalue weighted by atomic mass is 9.78. The maximum absolute atomic E-state index is 12.9. The molecule has 1 spiro atoms. The molecule has 7 nitrogen and oxygen atoms in total. The third kappa shape index (κ3) is 3.46. The lowest BCUT2D eigenvalue weighted by Crippen LogP contribution is -2.48.